The Labute approximate surface area is 201 Å². The first kappa shape index (κ1) is 23.0. The molecule has 3 aromatic carbocycles. The van der Waals surface area contributed by atoms with Crippen LogP contribution < -0.4 is 10.2 Å². The highest BCUT2D eigenvalue weighted by molar-refractivity contribution is 7.80. The summed E-state index contributed by atoms with van der Waals surface area (Å²) in [4.78, 5) is 18.8. The predicted molar refractivity (Wildman–Crippen MR) is 138 cm³/mol. The number of nitrogens with one attached hydrogen (secondary N) is 1. The van der Waals surface area contributed by atoms with Gasteiger partial charge >= 0.3 is 0 Å². The highest BCUT2D eigenvalue weighted by Gasteiger charge is 2.24. The van der Waals surface area contributed by atoms with Crippen molar-refractivity contribution in [3.63, 3.8) is 0 Å². The molecule has 1 fully saturated rings. The second kappa shape index (κ2) is 11.1. The van der Waals surface area contributed by atoms with Gasteiger partial charge in [0, 0.05) is 38.9 Å². The molecule has 5 nitrogen and oxygen atoms in total. The van der Waals surface area contributed by atoms with Gasteiger partial charge in [0.1, 0.15) is 0 Å². The highest BCUT2D eigenvalue weighted by atomic mass is 32.1. The number of amides is 1. The van der Waals surface area contributed by atoms with Crippen LogP contribution in [0.3, 0.4) is 0 Å². The number of benzene rings is 3. The van der Waals surface area contributed by atoms with E-state index in [1.807, 2.05) is 49.5 Å². The molecule has 1 heterocycles. The van der Waals surface area contributed by atoms with Gasteiger partial charge in [-0.2, -0.15) is 0 Å². The molecule has 6 heteroatoms. The number of carbonyl (C=O) groups is 1. The second-order valence-electron chi connectivity index (χ2n) is 8.26. The van der Waals surface area contributed by atoms with E-state index in [1.165, 1.54) is 11.1 Å². The minimum atomic E-state index is -0.000899. The van der Waals surface area contributed by atoms with Crippen LogP contribution in [0.5, 0.6) is 0 Å². The van der Waals surface area contributed by atoms with Crippen LogP contribution in [0.25, 0.3) is 0 Å². The van der Waals surface area contributed by atoms with E-state index in [-0.39, 0.29) is 11.9 Å². The van der Waals surface area contributed by atoms with Gasteiger partial charge in [0.15, 0.2) is 5.11 Å². The third kappa shape index (κ3) is 5.97. The monoisotopic (exact) mass is 458 g/mol. The van der Waals surface area contributed by atoms with Crippen molar-refractivity contribution in [3.8, 4) is 0 Å². The van der Waals surface area contributed by atoms with Gasteiger partial charge in [0.05, 0.1) is 12.6 Å². The van der Waals surface area contributed by atoms with E-state index in [0.717, 1.165) is 37.0 Å². The Morgan fingerprint density at radius 3 is 1.85 bits per heavy atom. The maximum absolute atomic E-state index is 12.7. The van der Waals surface area contributed by atoms with Crippen molar-refractivity contribution < 1.29 is 4.79 Å². The van der Waals surface area contributed by atoms with E-state index in [0.29, 0.717) is 6.54 Å². The zero-order valence-electron chi connectivity index (χ0n) is 18.9. The van der Waals surface area contributed by atoms with Crippen LogP contribution in [0, 0.1) is 0 Å². The summed E-state index contributed by atoms with van der Waals surface area (Å²) in [5, 5.41) is 4.33. The molecule has 0 saturated carbocycles. The van der Waals surface area contributed by atoms with Crippen LogP contribution in [0.1, 0.15) is 17.2 Å². The van der Waals surface area contributed by atoms with Crippen molar-refractivity contribution in [2.24, 2.45) is 0 Å². The van der Waals surface area contributed by atoms with Crippen LogP contribution in [-0.2, 0) is 4.79 Å². The first-order valence-corrected chi connectivity index (χ1v) is 11.7. The summed E-state index contributed by atoms with van der Waals surface area (Å²) in [6.45, 7) is 3.61. The molecule has 0 unspecified atom stereocenters. The average molecular weight is 459 g/mol. The van der Waals surface area contributed by atoms with Gasteiger partial charge in [-0.25, -0.2) is 0 Å². The number of rotatable bonds is 6. The molecule has 0 aliphatic carbocycles. The molecular weight excluding hydrogens is 428 g/mol. The first-order valence-electron chi connectivity index (χ1n) is 11.3. The standard InChI is InChI=1S/C27H30N4OS/c1-29(24-15-9-4-10-16-24)25(32)21-30-17-19-31(20-18-30)27(33)28-26(22-11-5-2-6-12-22)23-13-7-3-8-14-23/h2-16,26H,17-21H2,1H3,(H,28,33). The van der Waals surface area contributed by atoms with E-state index in [1.54, 1.807) is 4.90 Å². The third-order valence-corrected chi connectivity index (χ3v) is 6.45. The summed E-state index contributed by atoms with van der Waals surface area (Å²) in [5.41, 5.74) is 3.28. The van der Waals surface area contributed by atoms with Gasteiger partial charge in [-0.1, -0.05) is 78.9 Å². The average Bonchev–Trinajstić information content (AvgIpc) is 2.88. The summed E-state index contributed by atoms with van der Waals surface area (Å²) >= 11 is 5.80. The molecule has 1 aliphatic heterocycles. The SMILES string of the molecule is CN(C(=O)CN1CCN(C(=S)NC(c2ccccc2)c2ccccc2)CC1)c1ccccc1. The van der Waals surface area contributed by atoms with Crippen molar-refractivity contribution in [3.05, 3.63) is 102 Å². The molecule has 0 spiro atoms. The van der Waals surface area contributed by atoms with E-state index in [9.17, 15) is 4.79 Å². The van der Waals surface area contributed by atoms with Crippen LogP contribution in [-0.4, -0.2) is 60.6 Å². The molecule has 1 saturated heterocycles. The van der Waals surface area contributed by atoms with E-state index < -0.39 is 0 Å². The summed E-state index contributed by atoms with van der Waals surface area (Å²) < 4.78 is 0. The van der Waals surface area contributed by atoms with Crippen LogP contribution >= 0.6 is 12.2 Å². The molecule has 0 atom stereocenters. The minimum Gasteiger partial charge on any atom is -0.352 e. The lowest BCUT2D eigenvalue weighted by Gasteiger charge is -2.37. The Morgan fingerprint density at radius 2 is 1.33 bits per heavy atom. The zero-order valence-corrected chi connectivity index (χ0v) is 19.7. The lowest BCUT2D eigenvalue weighted by molar-refractivity contribution is -0.119. The fraction of sp³-hybridized carbons (Fsp3) is 0.259. The molecule has 0 aromatic heterocycles. The molecule has 3 aromatic rings. The Balaban J connectivity index is 1.33. The van der Waals surface area contributed by atoms with Gasteiger partial charge in [0.25, 0.3) is 0 Å². The number of para-hydroxylation sites is 1. The molecule has 0 radical (unpaired) electrons. The smallest absolute Gasteiger partial charge is 0.240 e. The molecular formula is C27H30N4OS. The zero-order chi connectivity index (χ0) is 23.0. The molecule has 1 amide bonds. The summed E-state index contributed by atoms with van der Waals surface area (Å²) in [6, 6.07) is 30.5. The topological polar surface area (TPSA) is 38.8 Å². The number of likely N-dealkylation sites (N-methyl/N-ethyl adjacent to an activating group) is 1. The molecule has 1 aliphatic rings. The Bertz CT molecular complexity index is 998. The molecule has 4 rings (SSSR count). The third-order valence-electron chi connectivity index (χ3n) is 6.07. The van der Waals surface area contributed by atoms with Crippen LogP contribution in [0.15, 0.2) is 91.0 Å². The summed E-state index contributed by atoms with van der Waals surface area (Å²) in [7, 11) is 1.83. The summed E-state index contributed by atoms with van der Waals surface area (Å²) in [6.07, 6.45) is 0. The van der Waals surface area contributed by atoms with Crippen molar-refractivity contribution in [1.29, 1.82) is 0 Å². The van der Waals surface area contributed by atoms with Gasteiger partial charge in [-0.05, 0) is 35.5 Å². The lowest BCUT2D eigenvalue weighted by Crippen LogP contribution is -2.53. The number of nitrogens with zero attached hydrogens (tertiary/aromatic N) is 3. The molecule has 0 bridgehead atoms. The van der Waals surface area contributed by atoms with E-state index in [2.05, 4.69) is 63.6 Å². The largest absolute Gasteiger partial charge is 0.352 e. The first-order chi connectivity index (χ1) is 16.1. The lowest BCUT2D eigenvalue weighted by atomic mass is 9.99. The van der Waals surface area contributed by atoms with Gasteiger partial charge in [0.2, 0.25) is 5.91 Å². The Kier molecular flexibility index (Phi) is 7.70. The van der Waals surface area contributed by atoms with Crippen molar-refractivity contribution in [2.45, 2.75) is 6.04 Å². The van der Waals surface area contributed by atoms with Crippen LogP contribution in [0.4, 0.5) is 5.69 Å². The molecule has 170 valence electrons. The van der Waals surface area contributed by atoms with Gasteiger partial charge in [-0.3, -0.25) is 9.69 Å². The van der Waals surface area contributed by atoms with Gasteiger partial charge < -0.3 is 15.1 Å². The molecule has 33 heavy (non-hydrogen) atoms. The number of hydrogen-bond acceptors (Lipinski definition) is 3. The minimum absolute atomic E-state index is 0.000899. The number of anilines is 1. The van der Waals surface area contributed by atoms with Crippen molar-refractivity contribution >= 4 is 28.9 Å². The number of hydrogen-bond donors (Lipinski definition) is 1. The number of carbonyl (C=O) groups excluding carboxylic acids is 1. The highest BCUT2D eigenvalue weighted by Crippen LogP contribution is 2.22. The Hall–Kier alpha value is -3.22. The maximum Gasteiger partial charge on any atom is 0.240 e. The Morgan fingerprint density at radius 1 is 0.848 bits per heavy atom. The van der Waals surface area contributed by atoms with E-state index in [4.69, 9.17) is 12.2 Å². The predicted octanol–water partition coefficient (Wildman–Crippen LogP) is 3.93. The quantitative estimate of drug-likeness (QED) is 0.567. The van der Waals surface area contributed by atoms with E-state index >= 15 is 0 Å². The van der Waals surface area contributed by atoms with Crippen molar-refractivity contribution in [1.82, 2.24) is 15.1 Å². The molecule has 1 N–H and O–H groups in total. The maximum atomic E-state index is 12.7. The second-order valence-corrected chi connectivity index (χ2v) is 8.64. The number of thiocarbonyl (C=S) groups is 1. The van der Waals surface area contributed by atoms with Gasteiger partial charge in [-0.15, -0.1) is 0 Å². The number of piperazine rings is 1. The van der Waals surface area contributed by atoms with Crippen molar-refractivity contribution in [2.75, 3.05) is 44.7 Å². The summed E-state index contributed by atoms with van der Waals surface area (Å²) in [5.74, 6) is 0.101. The normalized spacial score (nSPS) is 14.2. The van der Waals surface area contributed by atoms with Crippen LogP contribution in [0.2, 0.25) is 0 Å². The fourth-order valence-electron chi connectivity index (χ4n) is 4.07. The fourth-order valence-corrected chi connectivity index (χ4v) is 4.37.